The van der Waals surface area contributed by atoms with Crippen molar-refractivity contribution in [3.8, 4) is 0 Å². The summed E-state index contributed by atoms with van der Waals surface area (Å²) in [5, 5.41) is 4.13. The van der Waals surface area contributed by atoms with Gasteiger partial charge >= 0.3 is 0 Å². The van der Waals surface area contributed by atoms with Crippen molar-refractivity contribution in [2.45, 2.75) is 32.4 Å². The fourth-order valence-electron chi connectivity index (χ4n) is 1.46. The zero-order valence-corrected chi connectivity index (χ0v) is 8.43. The minimum Gasteiger partial charge on any atom is -0.387 e. The molecule has 0 saturated heterocycles. The smallest absolute Gasteiger partial charge is 0.0972 e. The van der Waals surface area contributed by atoms with E-state index < -0.39 is 0 Å². The molecule has 0 radical (unpaired) electrons. The molecule has 0 aromatic carbocycles. The van der Waals surface area contributed by atoms with Gasteiger partial charge in [-0.2, -0.15) is 5.10 Å². The fourth-order valence-corrected chi connectivity index (χ4v) is 1.46. The van der Waals surface area contributed by atoms with E-state index in [-0.39, 0.29) is 6.04 Å². The van der Waals surface area contributed by atoms with Crippen molar-refractivity contribution in [1.82, 2.24) is 9.78 Å². The van der Waals surface area contributed by atoms with Crippen LogP contribution in [0, 0.1) is 5.92 Å². The maximum Gasteiger partial charge on any atom is 0.0972 e. The summed E-state index contributed by atoms with van der Waals surface area (Å²) in [4.78, 5) is 4.45. The number of amidine groups is 1. The highest BCUT2D eigenvalue weighted by Crippen LogP contribution is 2.29. The highest BCUT2D eigenvalue weighted by Gasteiger charge is 2.25. The molecule has 2 rings (SSSR count). The van der Waals surface area contributed by atoms with Crippen LogP contribution in [-0.4, -0.2) is 21.7 Å². The topological polar surface area (TPSA) is 56.2 Å². The minimum absolute atomic E-state index is 0.218. The van der Waals surface area contributed by atoms with Gasteiger partial charge in [0, 0.05) is 18.3 Å². The molecule has 0 aliphatic heterocycles. The predicted octanol–water partition coefficient (Wildman–Crippen LogP) is 1.04. The number of aromatic nitrogens is 2. The number of nitrogens with zero attached hydrogens (tertiary/aromatic N) is 3. The van der Waals surface area contributed by atoms with E-state index in [1.165, 1.54) is 12.8 Å². The van der Waals surface area contributed by atoms with Crippen LogP contribution in [0.4, 0.5) is 0 Å². The largest absolute Gasteiger partial charge is 0.387 e. The number of hydrogen-bond donors (Lipinski definition) is 1. The summed E-state index contributed by atoms with van der Waals surface area (Å²) in [5.41, 5.74) is 5.83. The molecule has 4 heteroatoms. The van der Waals surface area contributed by atoms with E-state index in [2.05, 4.69) is 17.0 Å². The Morgan fingerprint density at radius 3 is 3.07 bits per heavy atom. The number of rotatable bonds is 4. The van der Waals surface area contributed by atoms with Crippen LogP contribution in [0.3, 0.4) is 0 Å². The van der Waals surface area contributed by atoms with Gasteiger partial charge in [0.1, 0.15) is 0 Å². The standard InChI is InChI=1S/C10H16N4/c1-8(7-14-6-2-5-12-14)13-10(11)9-3-4-9/h2,5-6,8-9H,3-4,7H2,1H3,(H2,11,13). The molecule has 1 heterocycles. The van der Waals surface area contributed by atoms with Crippen LogP contribution in [0.15, 0.2) is 23.5 Å². The fraction of sp³-hybridized carbons (Fsp3) is 0.600. The molecular weight excluding hydrogens is 176 g/mol. The summed E-state index contributed by atoms with van der Waals surface area (Å²) < 4.78 is 1.88. The van der Waals surface area contributed by atoms with Gasteiger partial charge in [-0.1, -0.05) is 0 Å². The van der Waals surface area contributed by atoms with Gasteiger partial charge in [-0.15, -0.1) is 0 Å². The number of aliphatic imine (C=N–C) groups is 1. The van der Waals surface area contributed by atoms with Crippen molar-refractivity contribution in [2.75, 3.05) is 0 Å². The average molecular weight is 192 g/mol. The minimum atomic E-state index is 0.218. The molecule has 1 saturated carbocycles. The van der Waals surface area contributed by atoms with Crippen molar-refractivity contribution < 1.29 is 0 Å². The van der Waals surface area contributed by atoms with E-state index in [1.54, 1.807) is 6.20 Å². The van der Waals surface area contributed by atoms with E-state index in [1.807, 2.05) is 16.9 Å². The Hall–Kier alpha value is -1.32. The molecule has 1 aromatic rings. The summed E-state index contributed by atoms with van der Waals surface area (Å²) in [7, 11) is 0. The predicted molar refractivity (Wildman–Crippen MR) is 56.0 cm³/mol. The molecule has 1 aliphatic rings. The molecule has 0 bridgehead atoms. The molecule has 4 nitrogen and oxygen atoms in total. The molecule has 1 aromatic heterocycles. The van der Waals surface area contributed by atoms with Crippen LogP contribution in [0.2, 0.25) is 0 Å². The number of hydrogen-bond acceptors (Lipinski definition) is 2. The highest BCUT2D eigenvalue weighted by molar-refractivity contribution is 5.85. The quantitative estimate of drug-likeness (QED) is 0.572. The van der Waals surface area contributed by atoms with Crippen LogP contribution in [0.25, 0.3) is 0 Å². The van der Waals surface area contributed by atoms with Crippen molar-refractivity contribution in [3.05, 3.63) is 18.5 Å². The van der Waals surface area contributed by atoms with E-state index in [9.17, 15) is 0 Å². The van der Waals surface area contributed by atoms with Crippen molar-refractivity contribution in [3.63, 3.8) is 0 Å². The molecule has 2 N–H and O–H groups in total. The summed E-state index contributed by atoms with van der Waals surface area (Å²) in [6.45, 7) is 2.87. The first-order valence-corrected chi connectivity index (χ1v) is 5.06. The van der Waals surface area contributed by atoms with Crippen LogP contribution in [-0.2, 0) is 6.54 Å². The van der Waals surface area contributed by atoms with Gasteiger partial charge < -0.3 is 5.73 Å². The van der Waals surface area contributed by atoms with Crippen LogP contribution in [0.1, 0.15) is 19.8 Å². The highest BCUT2D eigenvalue weighted by atomic mass is 15.3. The third-order valence-electron chi connectivity index (χ3n) is 2.38. The van der Waals surface area contributed by atoms with Crippen LogP contribution in [0.5, 0.6) is 0 Å². The van der Waals surface area contributed by atoms with Gasteiger partial charge in [-0.25, -0.2) is 0 Å². The zero-order chi connectivity index (χ0) is 9.97. The average Bonchev–Trinajstić information content (AvgIpc) is 2.87. The summed E-state index contributed by atoms with van der Waals surface area (Å²) >= 11 is 0. The Morgan fingerprint density at radius 1 is 1.71 bits per heavy atom. The normalized spacial score (nSPS) is 19.6. The van der Waals surface area contributed by atoms with Gasteiger partial charge in [0.2, 0.25) is 0 Å². The monoisotopic (exact) mass is 192 g/mol. The molecule has 1 atom stereocenters. The molecular formula is C10H16N4. The lowest BCUT2D eigenvalue weighted by atomic mass is 10.3. The SMILES string of the molecule is CC(Cn1cccn1)N=C(N)C1CC1. The molecule has 1 aliphatic carbocycles. The Morgan fingerprint density at radius 2 is 2.50 bits per heavy atom. The lowest BCUT2D eigenvalue weighted by Crippen LogP contribution is -2.20. The first-order valence-electron chi connectivity index (χ1n) is 5.06. The molecule has 14 heavy (non-hydrogen) atoms. The second-order valence-corrected chi connectivity index (χ2v) is 3.91. The Bertz CT molecular complexity index is 311. The van der Waals surface area contributed by atoms with E-state index >= 15 is 0 Å². The zero-order valence-electron chi connectivity index (χ0n) is 8.43. The molecule has 1 fully saturated rings. The summed E-state index contributed by atoms with van der Waals surface area (Å²) in [6.07, 6.45) is 6.15. The number of nitrogens with two attached hydrogens (primary N) is 1. The summed E-state index contributed by atoms with van der Waals surface area (Å²) in [5.74, 6) is 1.39. The third-order valence-corrected chi connectivity index (χ3v) is 2.38. The van der Waals surface area contributed by atoms with Crippen molar-refractivity contribution in [2.24, 2.45) is 16.6 Å². The second-order valence-electron chi connectivity index (χ2n) is 3.91. The van der Waals surface area contributed by atoms with Gasteiger partial charge in [-0.3, -0.25) is 9.67 Å². The second kappa shape index (κ2) is 3.82. The van der Waals surface area contributed by atoms with Gasteiger partial charge in [-0.05, 0) is 25.8 Å². The molecule has 1 unspecified atom stereocenters. The van der Waals surface area contributed by atoms with Crippen LogP contribution < -0.4 is 5.73 Å². The lowest BCUT2D eigenvalue weighted by Gasteiger charge is -2.07. The first kappa shape index (κ1) is 9.24. The lowest BCUT2D eigenvalue weighted by molar-refractivity contribution is 0.539. The van der Waals surface area contributed by atoms with Crippen molar-refractivity contribution in [1.29, 1.82) is 0 Å². The maximum atomic E-state index is 5.83. The van der Waals surface area contributed by atoms with Crippen molar-refractivity contribution >= 4 is 5.84 Å². The molecule has 0 amide bonds. The van der Waals surface area contributed by atoms with Crippen LogP contribution >= 0.6 is 0 Å². The molecule has 76 valence electrons. The Kier molecular flexibility index (Phi) is 2.52. The van der Waals surface area contributed by atoms with Gasteiger partial charge in [0.05, 0.1) is 18.4 Å². The van der Waals surface area contributed by atoms with E-state index in [0.29, 0.717) is 5.92 Å². The maximum absolute atomic E-state index is 5.83. The Balaban J connectivity index is 1.89. The van der Waals surface area contributed by atoms with E-state index in [4.69, 9.17) is 5.73 Å². The Labute approximate surface area is 83.8 Å². The van der Waals surface area contributed by atoms with E-state index in [0.717, 1.165) is 12.4 Å². The first-order chi connectivity index (χ1) is 6.75. The third kappa shape index (κ3) is 2.34. The van der Waals surface area contributed by atoms with Gasteiger partial charge in [0.15, 0.2) is 0 Å². The summed E-state index contributed by atoms with van der Waals surface area (Å²) in [6, 6.07) is 2.14. The van der Waals surface area contributed by atoms with Gasteiger partial charge in [0.25, 0.3) is 0 Å². The molecule has 0 spiro atoms.